The predicted molar refractivity (Wildman–Crippen MR) is 140 cm³/mol. The molecule has 0 aliphatic heterocycles. The fourth-order valence-corrected chi connectivity index (χ4v) is 3.77. The van der Waals surface area contributed by atoms with E-state index < -0.39 is 23.0 Å². The van der Waals surface area contributed by atoms with Crippen LogP contribution in [0.2, 0.25) is 0 Å². The van der Waals surface area contributed by atoms with Gasteiger partial charge in [-0.15, -0.1) is 0 Å². The number of carbonyl (C=O) groups is 2. The molecule has 6 heteroatoms. The summed E-state index contributed by atoms with van der Waals surface area (Å²) in [6.45, 7) is 7.74. The zero-order chi connectivity index (χ0) is 26.6. The number of hydrogen-bond acceptors (Lipinski definition) is 6. The van der Waals surface area contributed by atoms with Gasteiger partial charge in [0, 0.05) is 0 Å². The molecule has 0 bridgehead atoms. The van der Waals surface area contributed by atoms with Crippen molar-refractivity contribution in [2.24, 2.45) is 10.8 Å². The molecule has 0 spiro atoms. The summed E-state index contributed by atoms with van der Waals surface area (Å²) in [6, 6.07) is 19.1. The topological polar surface area (TPSA) is 93.1 Å². The Morgan fingerprint density at radius 3 is 1.31 bits per heavy atom. The molecule has 0 amide bonds. The molecule has 6 nitrogen and oxygen atoms in total. The molecule has 0 heterocycles. The molecule has 0 saturated heterocycles. The molecular weight excluding hydrogens is 456 g/mol. The van der Waals surface area contributed by atoms with Crippen LogP contribution in [0, 0.1) is 10.8 Å². The van der Waals surface area contributed by atoms with Gasteiger partial charge >= 0.3 is 11.9 Å². The molecule has 198 valence electrons. The van der Waals surface area contributed by atoms with Gasteiger partial charge in [0.05, 0.1) is 23.0 Å². The third-order valence-corrected chi connectivity index (χ3v) is 6.57. The number of esters is 2. The number of hydrogen-bond donors (Lipinski definition) is 2. The van der Waals surface area contributed by atoms with E-state index in [2.05, 4.69) is 0 Å². The minimum atomic E-state index is -0.710. The van der Waals surface area contributed by atoms with Gasteiger partial charge in [0.1, 0.15) is 13.2 Å². The monoisotopic (exact) mass is 498 g/mol. The molecule has 2 aromatic rings. The van der Waals surface area contributed by atoms with Crippen LogP contribution >= 0.6 is 0 Å². The summed E-state index contributed by atoms with van der Waals surface area (Å²) in [4.78, 5) is 25.0. The standard InChI is InChI=1S/C30H42O6/c1-29(2,27(33)35-21-23-11-7-5-8-12-23)19-17-25(31)15-16-26(32)18-20-30(3,4)28(34)36-22-24-13-9-6-10-14-24/h5-14,25-26,31-32H,15-22H2,1-4H3. The van der Waals surface area contributed by atoms with Crippen LogP contribution in [0.4, 0.5) is 0 Å². The SMILES string of the molecule is CC(C)(CCC(O)CCC(O)CCC(C)(C)C(=O)OCc1ccccc1)C(=O)OCc1ccccc1. The molecule has 0 aromatic heterocycles. The van der Waals surface area contributed by atoms with Crippen molar-refractivity contribution in [3.8, 4) is 0 Å². The van der Waals surface area contributed by atoms with Crippen molar-refractivity contribution in [3.05, 3.63) is 71.8 Å². The highest BCUT2D eigenvalue weighted by atomic mass is 16.5. The third-order valence-electron chi connectivity index (χ3n) is 6.57. The van der Waals surface area contributed by atoms with Crippen LogP contribution < -0.4 is 0 Å². The first-order valence-electron chi connectivity index (χ1n) is 12.8. The van der Waals surface area contributed by atoms with Gasteiger partial charge < -0.3 is 19.7 Å². The normalized spacial score (nSPS) is 13.6. The molecule has 2 N–H and O–H groups in total. The lowest BCUT2D eigenvalue weighted by Gasteiger charge is -2.25. The van der Waals surface area contributed by atoms with Crippen LogP contribution in [0.25, 0.3) is 0 Å². The lowest BCUT2D eigenvalue weighted by molar-refractivity contribution is -0.157. The van der Waals surface area contributed by atoms with Crippen molar-refractivity contribution in [1.82, 2.24) is 0 Å². The van der Waals surface area contributed by atoms with E-state index in [9.17, 15) is 19.8 Å². The fraction of sp³-hybridized carbons (Fsp3) is 0.533. The average molecular weight is 499 g/mol. The van der Waals surface area contributed by atoms with E-state index in [1.165, 1.54) is 0 Å². The van der Waals surface area contributed by atoms with Crippen molar-refractivity contribution in [2.75, 3.05) is 0 Å². The Bertz CT molecular complexity index is 845. The summed E-state index contributed by atoms with van der Waals surface area (Å²) in [5, 5.41) is 20.8. The van der Waals surface area contributed by atoms with Gasteiger partial charge in [-0.05, 0) is 77.3 Å². The summed E-state index contributed by atoms with van der Waals surface area (Å²) in [5.74, 6) is -0.583. The van der Waals surface area contributed by atoms with Crippen molar-refractivity contribution in [2.45, 2.75) is 91.6 Å². The zero-order valence-electron chi connectivity index (χ0n) is 22.1. The number of aliphatic hydroxyl groups excluding tert-OH is 2. The summed E-state index contributed by atoms with van der Waals surface area (Å²) in [5.41, 5.74) is 0.448. The Morgan fingerprint density at radius 2 is 0.972 bits per heavy atom. The largest absolute Gasteiger partial charge is 0.460 e. The van der Waals surface area contributed by atoms with Crippen LogP contribution in [-0.2, 0) is 32.3 Å². The van der Waals surface area contributed by atoms with Crippen LogP contribution in [-0.4, -0.2) is 34.4 Å². The second-order valence-corrected chi connectivity index (χ2v) is 10.9. The number of ether oxygens (including phenoxy) is 2. The van der Waals surface area contributed by atoms with Crippen LogP contribution in [0.5, 0.6) is 0 Å². The maximum atomic E-state index is 12.5. The molecule has 0 saturated carbocycles. The molecule has 2 atom stereocenters. The summed E-state index contributed by atoms with van der Waals surface area (Å²) < 4.78 is 10.9. The lowest BCUT2D eigenvalue weighted by atomic mass is 9.85. The van der Waals surface area contributed by atoms with Gasteiger partial charge in [-0.1, -0.05) is 60.7 Å². The van der Waals surface area contributed by atoms with Crippen molar-refractivity contribution < 1.29 is 29.3 Å². The quantitative estimate of drug-likeness (QED) is 0.311. The number of carbonyl (C=O) groups excluding carboxylic acids is 2. The van der Waals surface area contributed by atoms with E-state index in [1.54, 1.807) is 0 Å². The molecular formula is C30H42O6. The Labute approximate surface area is 215 Å². The summed E-state index contributed by atoms with van der Waals surface area (Å²) in [6.07, 6.45) is 1.46. The molecule has 0 radical (unpaired) electrons. The molecule has 2 unspecified atom stereocenters. The van der Waals surface area contributed by atoms with Gasteiger partial charge in [0.25, 0.3) is 0 Å². The van der Waals surface area contributed by atoms with Crippen LogP contribution in [0.1, 0.15) is 77.3 Å². The number of benzene rings is 2. The summed E-state index contributed by atoms with van der Waals surface area (Å²) >= 11 is 0. The number of rotatable bonds is 15. The first-order valence-corrected chi connectivity index (χ1v) is 12.8. The van der Waals surface area contributed by atoms with E-state index in [-0.39, 0.29) is 25.2 Å². The van der Waals surface area contributed by atoms with Gasteiger partial charge in [0.2, 0.25) is 0 Å². The molecule has 2 rings (SSSR count). The predicted octanol–water partition coefficient (Wildman–Crippen LogP) is 5.59. The Balaban J connectivity index is 1.65. The van der Waals surface area contributed by atoms with Gasteiger partial charge in [0.15, 0.2) is 0 Å². The minimum absolute atomic E-state index is 0.230. The van der Waals surface area contributed by atoms with E-state index in [4.69, 9.17) is 9.47 Å². The maximum absolute atomic E-state index is 12.5. The molecule has 0 aliphatic rings. The smallest absolute Gasteiger partial charge is 0.311 e. The number of aliphatic hydroxyl groups is 2. The molecule has 36 heavy (non-hydrogen) atoms. The van der Waals surface area contributed by atoms with E-state index >= 15 is 0 Å². The fourth-order valence-electron chi connectivity index (χ4n) is 3.77. The van der Waals surface area contributed by atoms with Gasteiger partial charge in [-0.2, -0.15) is 0 Å². The van der Waals surface area contributed by atoms with Crippen LogP contribution in [0.15, 0.2) is 60.7 Å². The van der Waals surface area contributed by atoms with E-state index in [0.29, 0.717) is 38.5 Å². The Morgan fingerprint density at radius 1 is 0.639 bits per heavy atom. The maximum Gasteiger partial charge on any atom is 0.311 e. The lowest BCUT2D eigenvalue weighted by Crippen LogP contribution is -2.29. The highest BCUT2D eigenvalue weighted by molar-refractivity contribution is 5.76. The second kappa shape index (κ2) is 14.1. The van der Waals surface area contributed by atoms with Crippen molar-refractivity contribution in [1.29, 1.82) is 0 Å². The third kappa shape index (κ3) is 10.5. The van der Waals surface area contributed by atoms with Crippen molar-refractivity contribution in [3.63, 3.8) is 0 Å². The summed E-state index contributed by atoms with van der Waals surface area (Å²) in [7, 11) is 0. The molecule has 2 aromatic carbocycles. The van der Waals surface area contributed by atoms with Crippen LogP contribution in [0.3, 0.4) is 0 Å². The first kappa shape index (κ1) is 29.5. The average Bonchev–Trinajstić information content (AvgIpc) is 2.87. The molecule has 0 fully saturated rings. The minimum Gasteiger partial charge on any atom is -0.460 e. The first-order chi connectivity index (χ1) is 17.0. The second-order valence-electron chi connectivity index (χ2n) is 10.9. The Kier molecular flexibility index (Phi) is 11.6. The highest BCUT2D eigenvalue weighted by Gasteiger charge is 2.31. The van der Waals surface area contributed by atoms with Gasteiger partial charge in [-0.3, -0.25) is 9.59 Å². The zero-order valence-corrected chi connectivity index (χ0v) is 22.1. The van der Waals surface area contributed by atoms with E-state index in [1.807, 2.05) is 88.4 Å². The Hall–Kier alpha value is -2.70. The molecule has 0 aliphatic carbocycles. The highest BCUT2D eigenvalue weighted by Crippen LogP contribution is 2.28. The van der Waals surface area contributed by atoms with Crippen molar-refractivity contribution >= 4 is 11.9 Å². The van der Waals surface area contributed by atoms with E-state index in [0.717, 1.165) is 11.1 Å². The van der Waals surface area contributed by atoms with Gasteiger partial charge in [-0.25, -0.2) is 0 Å².